The number of aryl methyl sites for hydroxylation is 2. The largest absolute Gasteiger partial charge is 0.385 e. The molecule has 2 heterocycles. The lowest BCUT2D eigenvalue weighted by molar-refractivity contribution is -0.115. The molecule has 0 saturated carbocycles. The summed E-state index contributed by atoms with van der Waals surface area (Å²) in [4.78, 5) is 31.7. The SMILES string of the molecule is COCCCNC(=O)c1c(NC(=O)Cc2csc(-c3cccc(C)c3)n2)sc2c1CCCC2. The van der Waals surface area contributed by atoms with E-state index in [0.717, 1.165) is 53.9 Å². The van der Waals surface area contributed by atoms with Crippen molar-refractivity contribution < 1.29 is 14.3 Å². The zero-order valence-electron chi connectivity index (χ0n) is 19.0. The minimum atomic E-state index is -0.150. The number of amides is 2. The molecule has 8 heteroatoms. The van der Waals surface area contributed by atoms with Crippen LogP contribution < -0.4 is 10.6 Å². The number of nitrogens with zero attached hydrogens (tertiary/aromatic N) is 1. The Bertz CT molecular complexity index is 1140. The van der Waals surface area contributed by atoms with Crippen LogP contribution in [0.25, 0.3) is 10.6 Å². The third-order valence-electron chi connectivity index (χ3n) is 5.62. The van der Waals surface area contributed by atoms with Crippen LogP contribution in [0.3, 0.4) is 0 Å². The first-order chi connectivity index (χ1) is 16.0. The van der Waals surface area contributed by atoms with Crippen LogP contribution in [0.4, 0.5) is 5.00 Å². The molecule has 0 spiro atoms. The molecular formula is C25H29N3O3S2. The zero-order chi connectivity index (χ0) is 23.2. The number of hydrogen-bond acceptors (Lipinski definition) is 6. The highest BCUT2D eigenvalue weighted by molar-refractivity contribution is 7.17. The maximum Gasteiger partial charge on any atom is 0.254 e. The van der Waals surface area contributed by atoms with Gasteiger partial charge in [-0.05, 0) is 50.7 Å². The number of nitrogens with one attached hydrogen (secondary N) is 2. The second-order valence-electron chi connectivity index (χ2n) is 8.26. The summed E-state index contributed by atoms with van der Waals surface area (Å²) in [5, 5.41) is 9.50. The van der Waals surface area contributed by atoms with Gasteiger partial charge in [-0.15, -0.1) is 22.7 Å². The quantitative estimate of drug-likeness (QED) is 0.420. The first-order valence-corrected chi connectivity index (χ1v) is 13.0. The van der Waals surface area contributed by atoms with Crippen molar-refractivity contribution in [2.24, 2.45) is 0 Å². The van der Waals surface area contributed by atoms with Gasteiger partial charge in [0.1, 0.15) is 10.0 Å². The van der Waals surface area contributed by atoms with Crippen molar-refractivity contribution in [3.63, 3.8) is 0 Å². The Morgan fingerprint density at radius 3 is 2.88 bits per heavy atom. The minimum Gasteiger partial charge on any atom is -0.385 e. The van der Waals surface area contributed by atoms with Gasteiger partial charge in [-0.25, -0.2) is 4.98 Å². The van der Waals surface area contributed by atoms with E-state index in [1.165, 1.54) is 21.8 Å². The molecule has 2 aromatic heterocycles. The van der Waals surface area contributed by atoms with E-state index in [0.29, 0.717) is 23.7 Å². The Morgan fingerprint density at radius 1 is 1.21 bits per heavy atom. The predicted molar refractivity (Wildman–Crippen MR) is 134 cm³/mol. The lowest BCUT2D eigenvalue weighted by Gasteiger charge is -2.13. The van der Waals surface area contributed by atoms with Gasteiger partial charge < -0.3 is 15.4 Å². The number of hydrogen-bond donors (Lipinski definition) is 2. The fourth-order valence-corrected chi connectivity index (χ4v) is 6.15. The summed E-state index contributed by atoms with van der Waals surface area (Å²) in [5.74, 6) is -0.265. The van der Waals surface area contributed by atoms with Crippen molar-refractivity contribution in [3.05, 3.63) is 56.9 Å². The Hall–Kier alpha value is -2.55. The summed E-state index contributed by atoms with van der Waals surface area (Å²) in [5.41, 5.74) is 4.71. The van der Waals surface area contributed by atoms with E-state index in [4.69, 9.17) is 4.74 Å². The average molecular weight is 484 g/mol. The number of thiazole rings is 1. The highest BCUT2D eigenvalue weighted by Gasteiger charge is 2.26. The van der Waals surface area contributed by atoms with E-state index in [2.05, 4.69) is 34.7 Å². The zero-order valence-corrected chi connectivity index (χ0v) is 20.7. The fourth-order valence-electron chi connectivity index (χ4n) is 4.04. The number of aromatic nitrogens is 1. The van der Waals surface area contributed by atoms with Crippen molar-refractivity contribution in [1.82, 2.24) is 10.3 Å². The maximum atomic E-state index is 13.0. The lowest BCUT2D eigenvalue weighted by atomic mass is 9.95. The fraction of sp³-hybridized carbons (Fsp3) is 0.400. The monoisotopic (exact) mass is 483 g/mol. The van der Waals surface area contributed by atoms with Crippen molar-refractivity contribution in [3.8, 4) is 10.6 Å². The molecule has 1 aromatic carbocycles. The van der Waals surface area contributed by atoms with Gasteiger partial charge in [-0.2, -0.15) is 0 Å². The molecule has 0 bridgehead atoms. The first-order valence-electron chi connectivity index (χ1n) is 11.3. The predicted octanol–water partition coefficient (Wildman–Crippen LogP) is 5.01. The Balaban J connectivity index is 1.46. The van der Waals surface area contributed by atoms with E-state index in [9.17, 15) is 9.59 Å². The Morgan fingerprint density at radius 2 is 2.06 bits per heavy atom. The normalized spacial score (nSPS) is 12.9. The first kappa shape index (κ1) is 23.6. The third-order valence-corrected chi connectivity index (χ3v) is 7.77. The molecule has 2 N–H and O–H groups in total. The number of carbonyl (C=O) groups is 2. The second-order valence-corrected chi connectivity index (χ2v) is 10.2. The molecule has 0 fully saturated rings. The van der Waals surface area contributed by atoms with Crippen LogP contribution in [-0.2, 0) is 28.8 Å². The van der Waals surface area contributed by atoms with Gasteiger partial charge in [0.05, 0.1) is 17.7 Å². The van der Waals surface area contributed by atoms with Gasteiger partial charge >= 0.3 is 0 Å². The summed E-state index contributed by atoms with van der Waals surface area (Å²) < 4.78 is 5.06. The summed E-state index contributed by atoms with van der Waals surface area (Å²) in [6.45, 7) is 3.20. The molecular weight excluding hydrogens is 454 g/mol. The van der Waals surface area contributed by atoms with Crippen molar-refractivity contribution >= 4 is 39.5 Å². The molecule has 6 nitrogen and oxygen atoms in total. The number of methoxy groups -OCH3 is 1. The molecule has 4 rings (SSSR count). The minimum absolute atomic E-state index is 0.115. The molecule has 0 aliphatic heterocycles. The summed E-state index contributed by atoms with van der Waals surface area (Å²) in [6, 6.07) is 8.19. The number of anilines is 1. The van der Waals surface area contributed by atoms with Crippen molar-refractivity contribution in [2.45, 2.75) is 45.4 Å². The molecule has 0 unspecified atom stereocenters. The number of carbonyl (C=O) groups excluding carboxylic acids is 2. The van der Waals surface area contributed by atoms with Gasteiger partial charge in [0.2, 0.25) is 5.91 Å². The number of rotatable bonds is 9. The number of ether oxygens (including phenoxy) is 1. The standard InChI is InChI=1S/C25H29N3O3S2/c1-16-7-5-8-17(13-16)24-27-18(15-32-24)14-21(29)28-25-22(23(30)26-11-6-12-31-2)19-9-3-4-10-20(19)33-25/h5,7-8,13,15H,3-4,6,9-12,14H2,1-2H3,(H,26,30)(H,28,29). The van der Waals surface area contributed by atoms with Gasteiger partial charge in [0, 0.05) is 36.1 Å². The molecule has 174 valence electrons. The summed E-state index contributed by atoms with van der Waals surface area (Å²) in [6.07, 6.45) is 4.97. The number of thiophene rings is 1. The van der Waals surface area contributed by atoms with E-state index in [1.807, 2.05) is 17.5 Å². The van der Waals surface area contributed by atoms with Gasteiger partial charge in [0.15, 0.2) is 0 Å². The van der Waals surface area contributed by atoms with Crippen LogP contribution in [0, 0.1) is 6.92 Å². The maximum absolute atomic E-state index is 13.0. The van der Waals surface area contributed by atoms with E-state index in [1.54, 1.807) is 18.4 Å². The van der Waals surface area contributed by atoms with Crippen molar-refractivity contribution in [1.29, 1.82) is 0 Å². The van der Waals surface area contributed by atoms with Crippen LogP contribution in [0.15, 0.2) is 29.6 Å². The highest BCUT2D eigenvalue weighted by atomic mass is 32.1. The lowest BCUT2D eigenvalue weighted by Crippen LogP contribution is -2.27. The van der Waals surface area contributed by atoms with Crippen LogP contribution in [0.2, 0.25) is 0 Å². The molecule has 0 saturated heterocycles. The topological polar surface area (TPSA) is 80.3 Å². The van der Waals surface area contributed by atoms with Crippen LogP contribution in [0.1, 0.15) is 51.3 Å². The third kappa shape index (κ3) is 5.88. The number of benzene rings is 1. The molecule has 3 aromatic rings. The molecule has 33 heavy (non-hydrogen) atoms. The van der Waals surface area contributed by atoms with Gasteiger partial charge in [-0.3, -0.25) is 9.59 Å². The van der Waals surface area contributed by atoms with Gasteiger partial charge in [0.25, 0.3) is 5.91 Å². The second kappa shape index (κ2) is 11.0. The van der Waals surface area contributed by atoms with E-state index < -0.39 is 0 Å². The molecule has 0 atom stereocenters. The van der Waals surface area contributed by atoms with Crippen LogP contribution in [-0.4, -0.2) is 37.1 Å². The molecule has 2 amide bonds. The van der Waals surface area contributed by atoms with E-state index >= 15 is 0 Å². The Kier molecular flexibility index (Phi) is 7.90. The van der Waals surface area contributed by atoms with E-state index in [-0.39, 0.29) is 18.2 Å². The summed E-state index contributed by atoms with van der Waals surface area (Å²) >= 11 is 3.08. The molecule has 1 aliphatic carbocycles. The van der Waals surface area contributed by atoms with Crippen LogP contribution >= 0.6 is 22.7 Å². The molecule has 0 radical (unpaired) electrons. The number of fused-ring (bicyclic) bond motifs is 1. The van der Waals surface area contributed by atoms with Crippen LogP contribution in [0.5, 0.6) is 0 Å². The van der Waals surface area contributed by atoms with Crippen molar-refractivity contribution in [2.75, 3.05) is 25.6 Å². The summed E-state index contributed by atoms with van der Waals surface area (Å²) in [7, 11) is 1.65. The Labute approximate surface area is 202 Å². The van der Waals surface area contributed by atoms with Gasteiger partial charge in [-0.1, -0.05) is 23.8 Å². The highest BCUT2D eigenvalue weighted by Crippen LogP contribution is 2.38. The molecule has 1 aliphatic rings. The average Bonchev–Trinajstić information content (AvgIpc) is 3.41. The smallest absolute Gasteiger partial charge is 0.254 e.